The summed E-state index contributed by atoms with van der Waals surface area (Å²) < 4.78 is 0. The Morgan fingerprint density at radius 1 is 1.80 bits per heavy atom. The largest absolute Gasteiger partial charge is 0.0651 e. The molecule has 0 fully saturated rings. The third-order valence-corrected chi connectivity index (χ3v) is 0.408. The van der Waals surface area contributed by atoms with Gasteiger partial charge in [-0.2, -0.15) is 0 Å². The van der Waals surface area contributed by atoms with Crippen LogP contribution in [0.2, 0.25) is 0 Å². The Morgan fingerprint density at radius 3 is 2.40 bits per heavy atom. The topological polar surface area (TPSA) is 0 Å². The molecular formula is C5H9. The fraction of sp³-hybridized carbons (Fsp3) is 0.600. The predicted octanol–water partition coefficient (Wildman–Crippen LogP) is 1.70. The van der Waals surface area contributed by atoms with Crippen molar-refractivity contribution in [3.63, 3.8) is 0 Å². The Morgan fingerprint density at radius 2 is 2.40 bits per heavy atom. The lowest BCUT2D eigenvalue weighted by Crippen LogP contribution is -1.62. The molecule has 0 aromatic rings. The van der Waals surface area contributed by atoms with E-state index in [0.29, 0.717) is 0 Å². The van der Waals surface area contributed by atoms with E-state index in [1.807, 2.05) is 13.3 Å². The zero-order chi connectivity index (χ0) is 4.12. The van der Waals surface area contributed by atoms with E-state index >= 15 is 0 Å². The Kier molecular flexibility index (Phi) is 4.00. The molecule has 0 aliphatic rings. The molecule has 0 bridgehead atoms. The monoisotopic (exact) mass is 69.1 g/mol. The maximum Gasteiger partial charge on any atom is -0.0171 e. The molecule has 0 aliphatic heterocycles. The number of hydrogen-bond acceptors (Lipinski definition) is 0. The molecule has 0 saturated carbocycles. The van der Waals surface area contributed by atoms with Gasteiger partial charge in [0.15, 0.2) is 0 Å². The van der Waals surface area contributed by atoms with Crippen molar-refractivity contribution in [3.05, 3.63) is 12.8 Å². The first-order chi connectivity index (χ1) is 2.41. The SMILES string of the molecule is C[C][CH]CC. The van der Waals surface area contributed by atoms with Crippen molar-refractivity contribution in [2.24, 2.45) is 0 Å². The minimum atomic E-state index is 1.11. The van der Waals surface area contributed by atoms with Gasteiger partial charge < -0.3 is 0 Å². The summed E-state index contributed by atoms with van der Waals surface area (Å²) in [4.78, 5) is 0. The molecule has 0 atom stereocenters. The van der Waals surface area contributed by atoms with Gasteiger partial charge in [-0.15, -0.1) is 0 Å². The second kappa shape index (κ2) is 4.00. The lowest BCUT2D eigenvalue weighted by atomic mass is 10.3. The van der Waals surface area contributed by atoms with Gasteiger partial charge in [0.1, 0.15) is 0 Å². The van der Waals surface area contributed by atoms with Crippen LogP contribution in [0.5, 0.6) is 0 Å². The van der Waals surface area contributed by atoms with Crippen molar-refractivity contribution < 1.29 is 0 Å². The van der Waals surface area contributed by atoms with E-state index in [1.165, 1.54) is 0 Å². The maximum absolute atomic E-state index is 2.89. The minimum absolute atomic E-state index is 1.11. The molecule has 0 amide bonds. The van der Waals surface area contributed by atoms with Crippen LogP contribution in [-0.4, -0.2) is 0 Å². The fourth-order valence-electron chi connectivity index (χ4n) is 0.204. The van der Waals surface area contributed by atoms with Crippen molar-refractivity contribution in [3.8, 4) is 0 Å². The van der Waals surface area contributed by atoms with E-state index in [2.05, 4.69) is 13.3 Å². The molecule has 0 saturated heterocycles. The van der Waals surface area contributed by atoms with Crippen LogP contribution in [0.1, 0.15) is 20.3 Å². The predicted molar refractivity (Wildman–Crippen MR) is 23.5 cm³/mol. The van der Waals surface area contributed by atoms with Crippen molar-refractivity contribution in [2.45, 2.75) is 20.3 Å². The first kappa shape index (κ1) is 5.00. The zero-order valence-electron chi connectivity index (χ0n) is 3.78. The summed E-state index contributed by atoms with van der Waals surface area (Å²) >= 11 is 0. The average Bonchev–Trinajstić information content (AvgIpc) is 1.41. The quantitative estimate of drug-likeness (QED) is 0.463. The van der Waals surface area contributed by atoms with Gasteiger partial charge in [0.25, 0.3) is 0 Å². The van der Waals surface area contributed by atoms with Crippen LogP contribution >= 0.6 is 0 Å². The molecule has 29 valence electrons. The smallest absolute Gasteiger partial charge is 0.0171 e. The highest BCUT2D eigenvalue weighted by molar-refractivity contribution is 4.75. The molecule has 0 heteroatoms. The summed E-state index contributed by atoms with van der Waals surface area (Å²) in [5.74, 6) is 0. The van der Waals surface area contributed by atoms with Crippen LogP contribution in [0.4, 0.5) is 0 Å². The van der Waals surface area contributed by atoms with Crippen LogP contribution in [-0.2, 0) is 0 Å². The van der Waals surface area contributed by atoms with E-state index in [1.54, 1.807) is 0 Å². The third-order valence-electron chi connectivity index (χ3n) is 0.408. The molecule has 0 aromatic carbocycles. The molecule has 0 spiro atoms. The number of hydrogen-bond donors (Lipinski definition) is 0. The summed E-state index contributed by atoms with van der Waals surface area (Å²) in [6.45, 7) is 4.00. The highest BCUT2D eigenvalue weighted by Crippen LogP contribution is 1.84. The van der Waals surface area contributed by atoms with Gasteiger partial charge in [0, 0.05) is 0 Å². The molecule has 0 rings (SSSR count). The van der Waals surface area contributed by atoms with Crippen molar-refractivity contribution in [2.75, 3.05) is 0 Å². The summed E-state index contributed by atoms with van der Waals surface area (Å²) in [5.41, 5.74) is 0. The van der Waals surface area contributed by atoms with Crippen LogP contribution in [0.15, 0.2) is 0 Å². The highest BCUT2D eigenvalue weighted by atomic mass is 13.7. The van der Waals surface area contributed by atoms with Gasteiger partial charge in [-0.05, 0) is 12.8 Å². The summed E-state index contributed by atoms with van der Waals surface area (Å²) in [5, 5.41) is 0. The molecule has 5 heavy (non-hydrogen) atoms. The molecule has 0 aromatic heterocycles. The second-order valence-corrected chi connectivity index (χ2v) is 0.901. The molecule has 0 heterocycles. The van der Waals surface area contributed by atoms with Crippen LogP contribution in [0.25, 0.3) is 0 Å². The van der Waals surface area contributed by atoms with Crippen LogP contribution in [0.3, 0.4) is 0 Å². The lowest BCUT2D eigenvalue weighted by Gasteiger charge is -1.77. The van der Waals surface area contributed by atoms with E-state index in [4.69, 9.17) is 0 Å². The first-order valence-corrected chi connectivity index (χ1v) is 1.90. The minimum Gasteiger partial charge on any atom is -0.0651 e. The molecule has 3 radical (unpaired) electrons. The Labute approximate surface area is 34.2 Å². The Bertz CT molecular complexity index is 7.51. The van der Waals surface area contributed by atoms with Crippen molar-refractivity contribution in [1.82, 2.24) is 0 Å². The van der Waals surface area contributed by atoms with E-state index in [-0.39, 0.29) is 0 Å². The normalized spacial score (nSPS) is 8.40. The molecule has 0 aliphatic carbocycles. The molecule has 0 unspecified atom stereocenters. The molecular weight excluding hydrogens is 60.1 g/mol. The molecule has 0 N–H and O–H groups in total. The Balaban J connectivity index is 2.19. The lowest BCUT2D eigenvalue weighted by molar-refractivity contribution is 1.10. The third kappa shape index (κ3) is 4.00. The zero-order valence-corrected chi connectivity index (χ0v) is 3.78. The van der Waals surface area contributed by atoms with Gasteiger partial charge in [-0.25, -0.2) is 0 Å². The Hall–Kier alpha value is 0. The maximum atomic E-state index is 2.89. The summed E-state index contributed by atoms with van der Waals surface area (Å²) in [6.07, 6.45) is 6.00. The first-order valence-electron chi connectivity index (χ1n) is 1.90. The number of rotatable bonds is 2. The van der Waals surface area contributed by atoms with Gasteiger partial charge in [0.05, 0.1) is 0 Å². The van der Waals surface area contributed by atoms with Gasteiger partial charge in [-0.1, -0.05) is 20.3 Å². The van der Waals surface area contributed by atoms with E-state index < -0.39 is 0 Å². The van der Waals surface area contributed by atoms with Crippen molar-refractivity contribution in [1.29, 1.82) is 0 Å². The number of unbranched alkanes of at least 4 members (excludes halogenated alkanes) is 2. The van der Waals surface area contributed by atoms with Crippen molar-refractivity contribution >= 4 is 0 Å². The average molecular weight is 69.1 g/mol. The van der Waals surface area contributed by atoms with E-state index in [0.717, 1.165) is 6.42 Å². The second-order valence-electron chi connectivity index (χ2n) is 0.901. The standard InChI is InChI=1S/C5H9/c1-3-5-4-2/h5H,3H2,1-2H3. The van der Waals surface area contributed by atoms with Crippen LogP contribution < -0.4 is 0 Å². The van der Waals surface area contributed by atoms with E-state index in [9.17, 15) is 0 Å². The fourth-order valence-corrected chi connectivity index (χ4v) is 0.204. The molecule has 0 nitrogen and oxygen atoms in total. The highest BCUT2D eigenvalue weighted by Gasteiger charge is 1.70. The van der Waals surface area contributed by atoms with Gasteiger partial charge >= 0.3 is 0 Å². The van der Waals surface area contributed by atoms with Crippen LogP contribution in [0, 0.1) is 12.8 Å². The van der Waals surface area contributed by atoms with Gasteiger partial charge in [0.2, 0.25) is 0 Å². The van der Waals surface area contributed by atoms with Gasteiger partial charge in [-0.3, -0.25) is 0 Å². The summed E-state index contributed by atoms with van der Waals surface area (Å²) in [6, 6.07) is 0. The summed E-state index contributed by atoms with van der Waals surface area (Å²) in [7, 11) is 0.